The van der Waals surface area contributed by atoms with Gasteiger partial charge in [0.25, 0.3) is 0 Å². The quantitative estimate of drug-likeness (QED) is 0.490. The second-order valence-corrected chi connectivity index (χ2v) is 5.32. The largest absolute Gasteiger partial charge is 0.193 e. The summed E-state index contributed by atoms with van der Waals surface area (Å²) in [7, 11) is 0. The molecule has 18 heavy (non-hydrogen) atoms. The molecule has 1 aliphatic carbocycles. The highest BCUT2D eigenvalue weighted by Gasteiger charge is 2.44. The molecule has 98 valence electrons. The molecular weight excluding hydrogens is 218 g/mol. The molecule has 0 radical (unpaired) electrons. The summed E-state index contributed by atoms with van der Waals surface area (Å²) in [4.78, 5) is 0. The van der Waals surface area contributed by atoms with E-state index in [-0.39, 0.29) is 5.41 Å². The van der Waals surface area contributed by atoms with Crippen LogP contribution in [0.2, 0.25) is 0 Å². The topological polar surface area (TPSA) is 23.8 Å². The van der Waals surface area contributed by atoms with Gasteiger partial charge in [-0.3, -0.25) is 0 Å². The second-order valence-electron chi connectivity index (χ2n) is 5.32. The van der Waals surface area contributed by atoms with Crippen molar-refractivity contribution in [3.8, 4) is 6.07 Å². The molecule has 0 amide bonds. The fourth-order valence-electron chi connectivity index (χ4n) is 3.75. The van der Waals surface area contributed by atoms with Gasteiger partial charge < -0.3 is 0 Å². The SMILES string of the molecule is C=CCC1CCC(=C)C(C=CC#N)C1(CC)CC. The predicted octanol–water partition coefficient (Wildman–Crippen LogP) is 5.03. The van der Waals surface area contributed by atoms with Crippen molar-refractivity contribution in [2.75, 3.05) is 0 Å². The van der Waals surface area contributed by atoms with Gasteiger partial charge >= 0.3 is 0 Å². The van der Waals surface area contributed by atoms with Crippen molar-refractivity contribution in [1.29, 1.82) is 5.26 Å². The molecule has 0 saturated heterocycles. The van der Waals surface area contributed by atoms with E-state index in [2.05, 4.69) is 39.2 Å². The summed E-state index contributed by atoms with van der Waals surface area (Å²) in [6, 6.07) is 2.13. The smallest absolute Gasteiger partial charge is 0.0908 e. The maximum Gasteiger partial charge on any atom is 0.0908 e. The average molecular weight is 243 g/mol. The van der Waals surface area contributed by atoms with Crippen molar-refractivity contribution >= 4 is 0 Å². The lowest BCUT2D eigenvalue weighted by molar-refractivity contribution is 0.0712. The third-order valence-electron chi connectivity index (χ3n) is 4.82. The Balaban J connectivity index is 3.14. The van der Waals surface area contributed by atoms with E-state index >= 15 is 0 Å². The highest BCUT2D eigenvalue weighted by Crippen LogP contribution is 2.53. The summed E-state index contributed by atoms with van der Waals surface area (Å²) >= 11 is 0. The zero-order valence-corrected chi connectivity index (χ0v) is 11.8. The summed E-state index contributed by atoms with van der Waals surface area (Å²) in [6.45, 7) is 12.7. The minimum atomic E-state index is 0.261. The molecule has 1 nitrogen and oxygen atoms in total. The first-order chi connectivity index (χ1) is 8.66. The zero-order chi connectivity index (χ0) is 13.6. The number of hydrogen-bond acceptors (Lipinski definition) is 1. The maximum absolute atomic E-state index is 8.79. The number of hydrogen-bond donors (Lipinski definition) is 0. The van der Waals surface area contributed by atoms with Crippen LogP contribution >= 0.6 is 0 Å². The van der Waals surface area contributed by atoms with Gasteiger partial charge in [-0.15, -0.1) is 6.58 Å². The lowest BCUT2D eigenvalue weighted by Crippen LogP contribution is -2.40. The van der Waals surface area contributed by atoms with E-state index in [0.29, 0.717) is 11.8 Å². The van der Waals surface area contributed by atoms with Crippen molar-refractivity contribution in [2.45, 2.75) is 46.0 Å². The number of rotatable bonds is 5. The first kappa shape index (κ1) is 14.8. The Morgan fingerprint density at radius 2 is 2.11 bits per heavy atom. The molecule has 0 heterocycles. The van der Waals surface area contributed by atoms with Crippen LogP contribution in [0.25, 0.3) is 0 Å². The van der Waals surface area contributed by atoms with Crippen LogP contribution in [-0.4, -0.2) is 0 Å². The number of allylic oxidation sites excluding steroid dienone is 4. The van der Waals surface area contributed by atoms with Crippen LogP contribution < -0.4 is 0 Å². The Morgan fingerprint density at radius 1 is 1.44 bits per heavy atom. The summed E-state index contributed by atoms with van der Waals surface area (Å²) in [5.74, 6) is 1.02. The van der Waals surface area contributed by atoms with E-state index in [0.717, 1.165) is 25.7 Å². The first-order valence-corrected chi connectivity index (χ1v) is 7.01. The van der Waals surface area contributed by atoms with Crippen LogP contribution in [0.5, 0.6) is 0 Å². The summed E-state index contributed by atoms with van der Waals surface area (Å²) in [5.41, 5.74) is 1.56. The Kier molecular flexibility index (Phi) is 5.41. The molecule has 1 heteroatoms. The van der Waals surface area contributed by atoms with Gasteiger partial charge in [0.1, 0.15) is 0 Å². The second kappa shape index (κ2) is 6.59. The molecule has 0 bridgehead atoms. The average Bonchev–Trinajstić information content (AvgIpc) is 2.39. The van der Waals surface area contributed by atoms with Crippen molar-refractivity contribution in [3.63, 3.8) is 0 Å². The molecule has 2 unspecified atom stereocenters. The fraction of sp³-hybridized carbons (Fsp3) is 0.588. The van der Waals surface area contributed by atoms with Gasteiger partial charge in [-0.1, -0.05) is 38.2 Å². The maximum atomic E-state index is 8.79. The van der Waals surface area contributed by atoms with Gasteiger partial charge in [-0.2, -0.15) is 5.26 Å². The van der Waals surface area contributed by atoms with Gasteiger partial charge in [0.05, 0.1) is 6.07 Å². The third-order valence-corrected chi connectivity index (χ3v) is 4.82. The Morgan fingerprint density at radius 3 is 2.61 bits per heavy atom. The van der Waals surface area contributed by atoms with Crippen molar-refractivity contribution in [1.82, 2.24) is 0 Å². The van der Waals surface area contributed by atoms with Gasteiger partial charge in [0.2, 0.25) is 0 Å². The van der Waals surface area contributed by atoms with Crippen molar-refractivity contribution in [2.24, 2.45) is 17.3 Å². The molecule has 0 aliphatic heterocycles. The summed E-state index contributed by atoms with van der Waals surface area (Å²) < 4.78 is 0. The molecule has 1 aliphatic rings. The zero-order valence-electron chi connectivity index (χ0n) is 11.8. The standard InChI is InChI=1S/C17H25N/c1-5-9-15-12-11-14(4)16(10-8-13-18)17(15,6-2)7-3/h5,8,10,15-16H,1,4,6-7,9,11-12H2,2-3H3. The fourth-order valence-corrected chi connectivity index (χ4v) is 3.75. The lowest BCUT2D eigenvalue weighted by atomic mass is 9.55. The van der Waals surface area contributed by atoms with Crippen LogP contribution in [0.15, 0.2) is 37.0 Å². The summed E-state index contributed by atoms with van der Waals surface area (Å²) in [5, 5.41) is 8.79. The number of nitriles is 1. The van der Waals surface area contributed by atoms with Crippen LogP contribution in [0.3, 0.4) is 0 Å². The molecule has 0 aromatic carbocycles. The molecule has 2 atom stereocenters. The highest BCUT2D eigenvalue weighted by molar-refractivity contribution is 5.22. The Labute approximate surface area is 112 Å². The Hall–Kier alpha value is -1.29. The molecule has 0 aromatic rings. The van der Waals surface area contributed by atoms with Crippen LogP contribution in [0.4, 0.5) is 0 Å². The van der Waals surface area contributed by atoms with E-state index in [1.807, 2.05) is 6.08 Å². The van der Waals surface area contributed by atoms with E-state index in [4.69, 9.17) is 5.26 Å². The van der Waals surface area contributed by atoms with Crippen LogP contribution in [-0.2, 0) is 0 Å². The normalized spacial score (nSPS) is 27.1. The van der Waals surface area contributed by atoms with Gasteiger partial charge in [-0.25, -0.2) is 0 Å². The van der Waals surface area contributed by atoms with E-state index in [9.17, 15) is 0 Å². The molecule has 0 aromatic heterocycles. The van der Waals surface area contributed by atoms with E-state index in [1.54, 1.807) is 6.08 Å². The Bertz CT molecular complexity index is 366. The molecule has 1 fully saturated rings. The van der Waals surface area contributed by atoms with Gasteiger partial charge in [-0.05, 0) is 43.4 Å². The first-order valence-electron chi connectivity index (χ1n) is 7.01. The van der Waals surface area contributed by atoms with E-state index in [1.165, 1.54) is 12.0 Å². The van der Waals surface area contributed by atoms with Crippen molar-refractivity contribution < 1.29 is 0 Å². The van der Waals surface area contributed by atoms with Gasteiger partial charge in [0, 0.05) is 12.0 Å². The molecule has 0 N–H and O–H groups in total. The predicted molar refractivity (Wildman–Crippen MR) is 77.9 cm³/mol. The van der Waals surface area contributed by atoms with Gasteiger partial charge in [0.15, 0.2) is 0 Å². The summed E-state index contributed by atoms with van der Waals surface area (Å²) in [6.07, 6.45) is 11.4. The lowest BCUT2D eigenvalue weighted by Gasteiger charge is -2.49. The molecule has 1 saturated carbocycles. The highest BCUT2D eigenvalue weighted by atomic mass is 14.5. The van der Waals surface area contributed by atoms with Crippen molar-refractivity contribution in [3.05, 3.63) is 37.0 Å². The third kappa shape index (κ3) is 2.58. The molecule has 0 spiro atoms. The molecular formula is C17H25N. The minimum Gasteiger partial charge on any atom is -0.193 e. The number of nitrogens with zero attached hydrogens (tertiary/aromatic N) is 1. The van der Waals surface area contributed by atoms with Crippen LogP contribution in [0, 0.1) is 28.6 Å². The van der Waals surface area contributed by atoms with Crippen LogP contribution in [0.1, 0.15) is 46.0 Å². The van der Waals surface area contributed by atoms with E-state index < -0.39 is 0 Å². The molecule has 1 rings (SSSR count). The monoisotopic (exact) mass is 243 g/mol. The minimum absolute atomic E-state index is 0.261.